The van der Waals surface area contributed by atoms with Crippen LogP contribution in [-0.2, 0) is 24.2 Å². The summed E-state index contributed by atoms with van der Waals surface area (Å²) in [6, 6.07) is 7.37. The van der Waals surface area contributed by atoms with Gasteiger partial charge < -0.3 is 11.1 Å². The SMILES string of the molecule is NC(=O)c1c(NC(=O)Cn2c(=O)sc3ccccc32)sc2c1CCCC2. The normalized spacial score (nSPS) is 13.5. The standard InChI is InChI=1S/C18H17N3O3S2/c19-16(23)15-10-5-1-3-7-12(10)25-17(15)20-14(22)9-21-11-6-2-4-8-13(11)26-18(21)24/h2,4,6,8H,1,3,5,7,9H2,(H2,19,23)(H,20,22). The van der Waals surface area contributed by atoms with E-state index in [2.05, 4.69) is 5.32 Å². The van der Waals surface area contributed by atoms with Crippen LogP contribution >= 0.6 is 22.7 Å². The minimum Gasteiger partial charge on any atom is -0.365 e. The van der Waals surface area contributed by atoms with Gasteiger partial charge in [-0.15, -0.1) is 11.3 Å². The van der Waals surface area contributed by atoms with Gasteiger partial charge in [0.1, 0.15) is 11.5 Å². The number of hydrogen-bond donors (Lipinski definition) is 2. The van der Waals surface area contributed by atoms with Gasteiger partial charge in [-0.3, -0.25) is 19.0 Å². The number of thiazole rings is 1. The van der Waals surface area contributed by atoms with Gasteiger partial charge in [0.25, 0.3) is 5.91 Å². The number of para-hydroxylation sites is 1. The van der Waals surface area contributed by atoms with E-state index in [4.69, 9.17) is 5.73 Å². The van der Waals surface area contributed by atoms with Crippen molar-refractivity contribution in [2.45, 2.75) is 32.2 Å². The number of hydrogen-bond acceptors (Lipinski definition) is 5. The van der Waals surface area contributed by atoms with Crippen molar-refractivity contribution in [3.8, 4) is 0 Å². The molecule has 3 N–H and O–H groups in total. The summed E-state index contributed by atoms with van der Waals surface area (Å²) in [5.41, 5.74) is 7.70. The summed E-state index contributed by atoms with van der Waals surface area (Å²) in [5, 5.41) is 3.30. The molecule has 0 spiro atoms. The molecule has 4 rings (SSSR count). The summed E-state index contributed by atoms with van der Waals surface area (Å²) >= 11 is 2.53. The quantitative estimate of drug-likeness (QED) is 0.721. The number of aryl methyl sites for hydroxylation is 1. The lowest BCUT2D eigenvalue weighted by Crippen LogP contribution is -2.25. The molecule has 3 aromatic rings. The third-order valence-corrected chi connectivity index (χ3v) is 6.71. The minimum absolute atomic E-state index is 0.0936. The second kappa shape index (κ2) is 6.69. The Bertz CT molecular complexity index is 1080. The van der Waals surface area contributed by atoms with Gasteiger partial charge >= 0.3 is 4.87 Å². The van der Waals surface area contributed by atoms with Crippen molar-refractivity contribution in [3.05, 3.63) is 49.9 Å². The molecule has 1 aliphatic carbocycles. The number of fused-ring (bicyclic) bond motifs is 2. The predicted octanol–water partition coefficient (Wildman–Crippen LogP) is 2.74. The van der Waals surface area contributed by atoms with Crippen LogP contribution in [0.3, 0.4) is 0 Å². The first kappa shape index (κ1) is 17.0. The average molecular weight is 387 g/mol. The zero-order valence-electron chi connectivity index (χ0n) is 13.9. The first-order valence-corrected chi connectivity index (χ1v) is 10.0. The van der Waals surface area contributed by atoms with Crippen molar-refractivity contribution >= 4 is 49.7 Å². The van der Waals surface area contributed by atoms with Gasteiger partial charge in [0.15, 0.2) is 0 Å². The van der Waals surface area contributed by atoms with Crippen LogP contribution < -0.4 is 15.9 Å². The van der Waals surface area contributed by atoms with E-state index in [1.54, 1.807) is 0 Å². The molecule has 2 heterocycles. The topological polar surface area (TPSA) is 94.2 Å². The Hall–Kier alpha value is -2.45. The maximum absolute atomic E-state index is 12.6. The summed E-state index contributed by atoms with van der Waals surface area (Å²) in [6.45, 7) is -0.0936. The summed E-state index contributed by atoms with van der Waals surface area (Å²) in [4.78, 5) is 37.6. The number of primary amides is 1. The fourth-order valence-corrected chi connectivity index (χ4v) is 5.59. The molecule has 0 radical (unpaired) electrons. The van der Waals surface area contributed by atoms with Crippen LogP contribution in [0.25, 0.3) is 10.2 Å². The first-order chi connectivity index (χ1) is 12.5. The number of benzene rings is 1. The molecule has 0 bridgehead atoms. The van der Waals surface area contributed by atoms with Crippen LogP contribution in [0.15, 0.2) is 29.1 Å². The molecule has 2 aromatic heterocycles. The number of nitrogens with zero attached hydrogens (tertiary/aromatic N) is 1. The van der Waals surface area contributed by atoms with E-state index < -0.39 is 5.91 Å². The zero-order valence-corrected chi connectivity index (χ0v) is 15.5. The number of carbonyl (C=O) groups excluding carboxylic acids is 2. The molecular formula is C18H17N3O3S2. The van der Waals surface area contributed by atoms with Gasteiger partial charge in [-0.2, -0.15) is 0 Å². The lowest BCUT2D eigenvalue weighted by molar-refractivity contribution is -0.116. The summed E-state index contributed by atoms with van der Waals surface area (Å²) < 4.78 is 2.29. The molecule has 1 aromatic carbocycles. The van der Waals surface area contributed by atoms with Crippen LogP contribution in [0.2, 0.25) is 0 Å². The number of aromatic nitrogens is 1. The average Bonchev–Trinajstić information content (AvgIpc) is 3.12. The molecule has 2 amide bonds. The highest BCUT2D eigenvalue weighted by molar-refractivity contribution is 7.17. The van der Waals surface area contributed by atoms with E-state index >= 15 is 0 Å². The fourth-order valence-electron chi connectivity index (χ4n) is 3.39. The number of carbonyl (C=O) groups is 2. The molecule has 0 saturated carbocycles. The van der Waals surface area contributed by atoms with Crippen LogP contribution in [0.5, 0.6) is 0 Å². The van der Waals surface area contributed by atoms with Crippen molar-refractivity contribution in [1.29, 1.82) is 0 Å². The molecule has 134 valence electrons. The van der Waals surface area contributed by atoms with E-state index in [0.29, 0.717) is 10.6 Å². The molecule has 0 atom stereocenters. The van der Waals surface area contributed by atoms with Crippen LogP contribution in [0, 0.1) is 0 Å². The van der Waals surface area contributed by atoms with E-state index in [1.807, 2.05) is 24.3 Å². The second-order valence-electron chi connectivity index (χ2n) is 6.25. The van der Waals surface area contributed by atoms with Crippen LogP contribution in [0.4, 0.5) is 5.00 Å². The highest BCUT2D eigenvalue weighted by Crippen LogP contribution is 2.37. The number of thiophene rings is 1. The van der Waals surface area contributed by atoms with E-state index in [0.717, 1.165) is 57.7 Å². The third-order valence-electron chi connectivity index (χ3n) is 4.55. The van der Waals surface area contributed by atoms with Gasteiger partial charge in [-0.05, 0) is 43.4 Å². The van der Waals surface area contributed by atoms with E-state index in [-0.39, 0.29) is 17.3 Å². The van der Waals surface area contributed by atoms with E-state index in [1.165, 1.54) is 15.9 Å². The molecule has 0 aliphatic heterocycles. The first-order valence-electron chi connectivity index (χ1n) is 8.37. The Morgan fingerprint density at radius 1 is 1.15 bits per heavy atom. The van der Waals surface area contributed by atoms with Gasteiger partial charge in [-0.25, -0.2) is 0 Å². The molecular weight excluding hydrogens is 370 g/mol. The molecule has 0 unspecified atom stereocenters. The van der Waals surface area contributed by atoms with Crippen molar-refractivity contribution in [3.63, 3.8) is 0 Å². The second-order valence-corrected chi connectivity index (χ2v) is 8.35. The Labute approximate surface area is 157 Å². The molecule has 26 heavy (non-hydrogen) atoms. The van der Waals surface area contributed by atoms with Crippen molar-refractivity contribution < 1.29 is 9.59 Å². The Balaban J connectivity index is 1.63. The molecule has 6 nitrogen and oxygen atoms in total. The number of rotatable bonds is 4. The molecule has 1 aliphatic rings. The van der Waals surface area contributed by atoms with Crippen molar-refractivity contribution in [2.24, 2.45) is 5.73 Å². The van der Waals surface area contributed by atoms with Gasteiger partial charge in [-0.1, -0.05) is 23.5 Å². The predicted molar refractivity (Wildman–Crippen MR) is 104 cm³/mol. The van der Waals surface area contributed by atoms with Gasteiger partial charge in [0.05, 0.1) is 15.8 Å². The summed E-state index contributed by atoms with van der Waals surface area (Å²) in [7, 11) is 0. The zero-order chi connectivity index (χ0) is 18.3. The molecule has 0 fully saturated rings. The number of nitrogens with two attached hydrogens (primary N) is 1. The van der Waals surface area contributed by atoms with Crippen molar-refractivity contribution in [2.75, 3.05) is 5.32 Å². The smallest absolute Gasteiger partial charge is 0.308 e. The van der Waals surface area contributed by atoms with Gasteiger partial charge in [0, 0.05) is 4.88 Å². The molecule has 8 heteroatoms. The number of amides is 2. The lowest BCUT2D eigenvalue weighted by Gasteiger charge is -2.11. The fraction of sp³-hybridized carbons (Fsp3) is 0.278. The summed E-state index contributed by atoms with van der Waals surface area (Å²) in [6.07, 6.45) is 3.82. The highest BCUT2D eigenvalue weighted by Gasteiger charge is 2.25. The number of anilines is 1. The highest BCUT2D eigenvalue weighted by atomic mass is 32.1. The maximum Gasteiger partial charge on any atom is 0.308 e. The Morgan fingerprint density at radius 2 is 1.92 bits per heavy atom. The van der Waals surface area contributed by atoms with Crippen LogP contribution in [0.1, 0.15) is 33.6 Å². The largest absolute Gasteiger partial charge is 0.365 e. The monoisotopic (exact) mass is 387 g/mol. The Morgan fingerprint density at radius 3 is 2.73 bits per heavy atom. The lowest BCUT2D eigenvalue weighted by atomic mass is 9.95. The van der Waals surface area contributed by atoms with Crippen LogP contribution in [-0.4, -0.2) is 16.4 Å². The molecule has 0 saturated heterocycles. The maximum atomic E-state index is 12.6. The Kier molecular flexibility index (Phi) is 4.37. The minimum atomic E-state index is -0.516. The summed E-state index contributed by atoms with van der Waals surface area (Å²) in [5.74, 6) is -0.852. The van der Waals surface area contributed by atoms with E-state index in [9.17, 15) is 14.4 Å². The van der Waals surface area contributed by atoms with Gasteiger partial charge in [0.2, 0.25) is 5.91 Å². The third kappa shape index (κ3) is 2.95. The van der Waals surface area contributed by atoms with Crippen molar-refractivity contribution in [1.82, 2.24) is 4.57 Å². The number of nitrogens with one attached hydrogen (secondary N) is 1.